The number of halogens is 1. The van der Waals surface area contributed by atoms with Crippen LogP contribution in [0, 0.1) is 5.92 Å². The second kappa shape index (κ2) is 11.8. The zero-order valence-corrected chi connectivity index (χ0v) is 17.1. The van der Waals surface area contributed by atoms with E-state index in [0.717, 1.165) is 25.0 Å². The standard InChI is InChI=1S/C17H32N4.HI/c1-6-18-17(19-12-16-10-11-21(5)13-16)20-15(4)9-7-8-14(2)3;/h10-11,13-15H,6-9,12H2,1-5H3,(H2,18,19,20);1H. The molecule has 0 bridgehead atoms. The average Bonchev–Trinajstić information content (AvgIpc) is 2.81. The predicted octanol–water partition coefficient (Wildman–Crippen LogP) is 3.91. The second-order valence-corrected chi connectivity index (χ2v) is 6.25. The molecular weight excluding hydrogens is 387 g/mol. The van der Waals surface area contributed by atoms with E-state index in [2.05, 4.69) is 66.3 Å². The summed E-state index contributed by atoms with van der Waals surface area (Å²) in [5.74, 6) is 1.70. The van der Waals surface area contributed by atoms with Gasteiger partial charge in [-0.15, -0.1) is 24.0 Å². The summed E-state index contributed by atoms with van der Waals surface area (Å²) in [4.78, 5) is 4.66. The number of aromatic nitrogens is 1. The van der Waals surface area contributed by atoms with Crippen LogP contribution >= 0.6 is 24.0 Å². The van der Waals surface area contributed by atoms with E-state index < -0.39 is 0 Å². The highest BCUT2D eigenvalue weighted by atomic mass is 127. The Morgan fingerprint density at radius 2 is 2.00 bits per heavy atom. The van der Waals surface area contributed by atoms with E-state index in [1.807, 2.05) is 7.05 Å². The van der Waals surface area contributed by atoms with Crippen molar-refractivity contribution in [2.24, 2.45) is 18.0 Å². The lowest BCUT2D eigenvalue weighted by Crippen LogP contribution is -2.42. The molecule has 5 heteroatoms. The summed E-state index contributed by atoms with van der Waals surface area (Å²) in [6.07, 6.45) is 7.92. The van der Waals surface area contributed by atoms with Gasteiger partial charge in [-0.25, -0.2) is 4.99 Å². The highest BCUT2D eigenvalue weighted by Gasteiger charge is 2.06. The molecule has 0 saturated heterocycles. The van der Waals surface area contributed by atoms with Crippen molar-refractivity contribution in [3.8, 4) is 0 Å². The fourth-order valence-corrected chi connectivity index (χ4v) is 2.28. The number of hydrogen-bond acceptors (Lipinski definition) is 1. The molecule has 0 saturated carbocycles. The van der Waals surface area contributed by atoms with Gasteiger partial charge in [0.05, 0.1) is 6.54 Å². The summed E-state index contributed by atoms with van der Waals surface area (Å²) in [5, 5.41) is 6.82. The van der Waals surface area contributed by atoms with Gasteiger partial charge in [0.15, 0.2) is 5.96 Å². The van der Waals surface area contributed by atoms with Gasteiger partial charge >= 0.3 is 0 Å². The van der Waals surface area contributed by atoms with Gasteiger partial charge in [-0.2, -0.15) is 0 Å². The van der Waals surface area contributed by atoms with Gasteiger partial charge in [0.25, 0.3) is 0 Å². The van der Waals surface area contributed by atoms with Crippen LogP contribution in [0.4, 0.5) is 0 Å². The Bertz CT molecular complexity index is 426. The Balaban J connectivity index is 0.00000441. The van der Waals surface area contributed by atoms with Crippen molar-refractivity contribution in [3.05, 3.63) is 24.0 Å². The zero-order chi connectivity index (χ0) is 15.7. The van der Waals surface area contributed by atoms with Crippen LogP contribution in [0.2, 0.25) is 0 Å². The number of nitrogens with zero attached hydrogens (tertiary/aromatic N) is 2. The fourth-order valence-electron chi connectivity index (χ4n) is 2.28. The third-order valence-corrected chi connectivity index (χ3v) is 3.46. The Kier molecular flexibility index (Phi) is 11.4. The minimum atomic E-state index is 0. The lowest BCUT2D eigenvalue weighted by Gasteiger charge is -2.18. The number of rotatable bonds is 8. The molecule has 1 aromatic heterocycles. The quantitative estimate of drug-likeness (QED) is 0.380. The van der Waals surface area contributed by atoms with Crippen LogP contribution in [0.15, 0.2) is 23.5 Å². The third kappa shape index (κ3) is 9.33. The molecular formula is C17H33IN4. The first-order valence-corrected chi connectivity index (χ1v) is 8.17. The molecule has 0 aliphatic heterocycles. The molecule has 1 heterocycles. The maximum atomic E-state index is 4.66. The third-order valence-electron chi connectivity index (χ3n) is 3.46. The number of aliphatic imine (C=N–C) groups is 1. The number of nitrogens with one attached hydrogen (secondary N) is 2. The van der Waals surface area contributed by atoms with E-state index in [-0.39, 0.29) is 24.0 Å². The first kappa shape index (κ1) is 21.3. The summed E-state index contributed by atoms with van der Waals surface area (Å²) >= 11 is 0. The Hall–Kier alpha value is -0.720. The minimum Gasteiger partial charge on any atom is -0.357 e. The average molecular weight is 420 g/mol. The number of aryl methyl sites for hydroxylation is 1. The maximum absolute atomic E-state index is 4.66. The first-order valence-electron chi connectivity index (χ1n) is 8.17. The Morgan fingerprint density at radius 3 is 2.55 bits per heavy atom. The zero-order valence-electron chi connectivity index (χ0n) is 14.7. The van der Waals surface area contributed by atoms with E-state index >= 15 is 0 Å². The summed E-state index contributed by atoms with van der Waals surface area (Å²) < 4.78 is 2.06. The fraction of sp³-hybridized carbons (Fsp3) is 0.706. The molecule has 1 unspecified atom stereocenters. The predicted molar refractivity (Wildman–Crippen MR) is 107 cm³/mol. The molecule has 0 spiro atoms. The van der Waals surface area contributed by atoms with Crippen LogP contribution in [-0.4, -0.2) is 23.1 Å². The molecule has 1 aromatic rings. The van der Waals surface area contributed by atoms with E-state index in [4.69, 9.17) is 0 Å². The number of guanidine groups is 1. The molecule has 22 heavy (non-hydrogen) atoms. The molecule has 0 amide bonds. The summed E-state index contributed by atoms with van der Waals surface area (Å²) in [6, 6.07) is 2.57. The van der Waals surface area contributed by atoms with E-state index in [1.54, 1.807) is 0 Å². The Morgan fingerprint density at radius 1 is 1.27 bits per heavy atom. The molecule has 0 aliphatic rings. The molecule has 0 fully saturated rings. The largest absolute Gasteiger partial charge is 0.357 e. The van der Waals surface area contributed by atoms with Crippen LogP contribution in [-0.2, 0) is 13.6 Å². The molecule has 1 rings (SSSR count). The van der Waals surface area contributed by atoms with Gasteiger partial charge in [-0.1, -0.05) is 26.7 Å². The van der Waals surface area contributed by atoms with Gasteiger partial charge in [-0.3, -0.25) is 0 Å². The van der Waals surface area contributed by atoms with Crippen molar-refractivity contribution in [2.75, 3.05) is 6.54 Å². The summed E-state index contributed by atoms with van der Waals surface area (Å²) in [5.41, 5.74) is 1.24. The number of hydrogen-bond donors (Lipinski definition) is 2. The minimum absolute atomic E-state index is 0. The van der Waals surface area contributed by atoms with Crippen molar-refractivity contribution in [2.45, 2.75) is 59.5 Å². The normalized spacial score (nSPS) is 12.9. The molecule has 0 aliphatic carbocycles. The molecule has 128 valence electrons. The monoisotopic (exact) mass is 420 g/mol. The van der Waals surface area contributed by atoms with E-state index in [9.17, 15) is 0 Å². The van der Waals surface area contributed by atoms with Crippen molar-refractivity contribution in [1.29, 1.82) is 0 Å². The van der Waals surface area contributed by atoms with Gasteiger partial charge in [0.2, 0.25) is 0 Å². The second-order valence-electron chi connectivity index (χ2n) is 6.25. The van der Waals surface area contributed by atoms with Gasteiger partial charge in [0.1, 0.15) is 0 Å². The molecule has 0 aromatic carbocycles. The molecule has 1 atom stereocenters. The van der Waals surface area contributed by atoms with Crippen LogP contribution in [0.25, 0.3) is 0 Å². The van der Waals surface area contributed by atoms with Crippen LogP contribution in [0.1, 0.15) is 52.5 Å². The highest BCUT2D eigenvalue weighted by molar-refractivity contribution is 14.0. The Labute approximate surface area is 153 Å². The summed E-state index contributed by atoms with van der Waals surface area (Å²) in [7, 11) is 2.04. The van der Waals surface area contributed by atoms with Crippen LogP contribution in [0.3, 0.4) is 0 Å². The van der Waals surface area contributed by atoms with Crippen LogP contribution in [0.5, 0.6) is 0 Å². The van der Waals surface area contributed by atoms with E-state index in [0.29, 0.717) is 6.04 Å². The molecule has 4 nitrogen and oxygen atoms in total. The SMILES string of the molecule is CCNC(=NCc1ccn(C)c1)NC(C)CCCC(C)C.I. The van der Waals surface area contributed by atoms with Gasteiger partial charge in [0, 0.05) is 32.0 Å². The van der Waals surface area contributed by atoms with Crippen molar-refractivity contribution in [3.63, 3.8) is 0 Å². The van der Waals surface area contributed by atoms with Gasteiger partial charge in [-0.05, 0) is 37.8 Å². The molecule has 0 radical (unpaired) electrons. The first-order chi connectivity index (χ1) is 10.0. The summed E-state index contributed by atoms with van der Waals surface area (Å²) in [6.45, 7) is 10.5. The molecule has 2 N–H and O–H groups in total. The van der Waals surface area contributed by atoms with Crippen molar-refractivity contribution < 1.29 is 0 Å². The highest BCUT2D eigenvalue weighted by Crippen LogP contribution is 2.08. The topological polar surface area (TPSA) is 41.4 Å². The van der Waals surface area contributed by atoms with E-state index in [1.165, 1.54) is 24.8 Å². The van der Waals surface area contributed by atoms with Gasteiger partial charge < -0.3 is 15.2 Å². The maximum Gasteiger partial charge on any atom is 0.191 e. The smallest absolute Gasteiger partial charge is 0.191 e. The lowest BCUT2D eigenvalue weighted by atomic mass is 10.0. The lowest BCUT2D eigenvalue weighted by molar-refractivity contribution is 0.491. The van der Waals surface area contributed by atoms with Crippen molar-refractivity contribution in [1.82, 2.24) is 15.2 Å². The van der Waals surface area contributed by atoms with Crippen molar-refractivity contribution >= 4 is 29.9 Å². The van der Waals surface area contributed by atoms with Crippen LogP contribution < -0.4 is 10.6 Å².